The number of benzene rings is 2. The van der Waals surface area contributed by atoms with E-state index in [1.54, 1.807) is 0 Å². The largest absolute Gasteiger partial charge is 0.465 e. The zero-order valence-corrected chi connectivity index (χ0v) is 19.3. The minimum absolute atomic E-state index is 0.0751. The SMILES string of the molecule is COC(=O)c1cc(Cl)ccc1NC(=O)C(=O)Nc1ccc(C23CC4CC(CC(C4)C2)C3)cc1. The van der Waals surface area contributed by atoms with Crippen molar-refractivity contribution in [1.82, 2.24) is 0 Å². The van der Waals surface area contributed by atoms with E-state index in [2.05, 4.69) is 22.8 Å². The molecule has 6 rings (SSSR count). The summed E-state index contributed by atoms with van der Waals surface area (Å²) in [7, 11) is 1.23. The summed E-state index contributed by atoms with van der Waals surface area (Å²) in [5, 5.41) is 5.42. The lowest BCUT2D eigenvalue weighted by atomic mass is 9.48. The second-order valence-electron chi connectivity index (χ2n) is 9.86. The standard InChI is InChI=1S/C26H27ClN2O4/c1-33-25(32)21-11-19(27)4-7-22(21)29-24(31)23(30)28-20-5-2-18(3-6-20)26-12-15-8-16(13-26)10-17(9-15)14-26/h2-7,11,15-17H,8-10,12-14H2,1H3,(H,28,30)(H,29,31). The fourth-order valence-corrected chi connectivity index (χ4v) is 6.81. The summed E-state index contributed by atoms with van der Waals surface area (Å²) in [6.45, 7) is 0. The summed E-state index contributed by atoms with van der Waals surface area (Å²) in [5.74, 6) is 0.232. The van der Waals surface area contributed by atoms with Gasteiger partial charge in [-0.05, 0) is 97.6 Å². The van der Waals surface area contributed by atoms with Crippen molar-refractivity contribution in [1.29, 1.82) is 0 Å². The van der Waals surface area contributed by atoms with Crippen molar-refractivity contribution in [2.75, 3.05) is 17.7 Å². The molecular weight excluding hydrogens is 440 g/mol. The Morgan fingerprint density at radius 2 is 1.45 bits per heavy atom. The first-order chi connectivity index (χ1) is 15.8. The molecule has 0 saturated heterocycles. The maximum absolute atomic E-state index is 12.5. The van der Waals surface area contributed by atoms with Gasteiger partial charge >= 0.3 is 17.8 Å². The highest BCUT2D eigenvalue weighted by atomic mass is 35.5. The van der Waals surface area contributed by atoms with Gasteiger partial charge in [0.15, 0.2) is 0 Å². The molecular formula is C26H27ClN2O4. The maximum Gasteiger partial charge on any atom is 0.340 e. The highest BCUT2D eigenvalue weighted by Gasteiger charge is 2.51. The van der Waals surface area contributed by atoms with E-state index in [0.717, 1.165) is 17.8 Å². The summed E-state index contributed by atoms with van der Waals surface area (Å²) in [6, 6.07) is 12.3. The van der Waals surface area contributed by atoms with Gasteiger partial charge in [0.2, 0.25) is 0 Å². The molecule has 33 heavy (non-hydrogen) atoms. The van der Waals surface area contributed by atoms with Crippen molar-refractivity contribution in [3.8, 4) is 0 Å². The average Bonchev–Trinajstić information content (AvgIpc) is 2.79. The summed E-state index contributed by atoms with van der Waals surface area (Å²) in [5.41, 5.74) is 2.43. The van der Waals surface area contributed by atoms with E-state index in [9.17, 15) is 14.4 Å². The van der Waals surface area contributed by atoms with Crippen LogP contribution in [0, 0.1) is 17.8 Å². The molecule has 0 heterocycles. The van der Waals surface area contributed by atoms with E-state index in [1.165, 1.54) is 69.4 Å². The summed E-state index contributed by atoms with van der Waals surface area (Å²) < 4.78 is 4.72. The Labute approximate surface area is 198 Å². The number of carbonyl (C=O) groups is 3. The second-order valence-corrected chi connectivity index (χ2v) is 10.3. The van der Waals surface area contributed by atoms with E-state index in [1.807, 2.05) is 12.1 Å². The molecule has 0 spiro atoms. The fourth-order valence-electron chi connectivity index (χ4n) is 6.64. The van der Waals surface area contributed by atoms with Gasteiger partial charge in [-0.15, -0.1) is 0 Å². The van der Waals surface area contributed by atoms with Crippen LogP contribution in [0.1, 0.15) is 54.4 Å². The Bertz CT molecular complexity index is 1080. The number of carbonyl (C=O) groups excluding carboxylic acids is 3. The normalized spacial score (nSPS) is 27.2. The minimum Gasteiger partial charge on any atom is -0.465 e. The van der Waals surface area contributed by atoms with E-state index < -0.39 is 17.8 Å². The van der Waals surface area contributed by atoms with Crippen LogP contribution in [0.15, 0.2) is 42.5 Å². The maximum atomic E-state index is 12.5. The van der Waals surface area contributed by atoms with Crippen molar-refractivity contribution < 1.29 is 19.1 Å². The van der Waals surface area contributed by atoms with Crippen molar-refractivity contribution in [3.05, 3.63) is 58.6 Å². The first kappa shape index (κ1) is 22.0. The lowest BCUT2D eigenvalue weighted by Gasteiger charge is -2.57. The van der Waals surface area contributed by atoms with E-state index >= 15 is 0 Å². The van der Waals surface area contributed by atoms with Crippen molar-refractivity contribution >= 4 is 40.8 Å². The molecule has 2 N–H and O–H groups in total. The molecule has 6 nitrogen and oxygen atoms in total. The third kappa shape index (κ3) is 4.24. The molecule has 4 aliphatic carbocycles. The van der Waals surface area contributed by atoms with Crippen LogP contribution >= 0.6 is 11.6 Å². The summed E-state index contributed by atoms with van der Waals surface area (Å²) >= 11 is 5.94. The molecule has 0 aromatic heterocycles. The van der Waals surface area contributed by atoms with E-state index in [-0.39, 0.29) is 16.7 Å². The second kappa shape index (κ2) is 8.49. The van der Waals surface area contributed by atoms with Crippen LogP contribution in [0.25, 0.3) is 0 Å². The minimum atomic E-state index is -0.882. The average molecular weight is 467 g/mol. The number of nitrogens with one attached hydrogen (secondary N) is 2. The van der Waals surface area contributed by atoms with Gasteiger partial charge in [0, 0.05) is 10.7 Å². The monoisotopic (exact) mass is 466 g/mol. The molecule has 4 aliphatic rings. The van der Waals surface area contributed by atoms with Crippen molar-refractivity contribution in [3.63, 3.8) is 0 Å². The van der Waals surface area contributed by atoms with Crippen LogP contribution in [0.4, 0.5) is 11.4 Å². The smallest absolute Gasteiger partial charge is 0.340 e. The molecule has 4 saturated carbocycles. The zero-order valence-electron chi connectivity index (χ0n) is 18.5. The van der Waals surface area contributed by atoms with Crippen LogP contribution < -0.4 is 10.6 Å². The lowest BCUT2D eigenvalue weighted by molar-refractivity contribution is -0.133. The van der Waals surface area contributed by atoms with Gasteiger partial charge in [-0.2, -0.15) is 0 Å². The van der Waals surface area contributed by atoms with Crippen LogP contribution in [0.3, 0.4) is 0 Å². The molecule has 0 unspecified atom stereocenters. The summed E-state index contributed by atoms with van der Waals surface area (Å²) in [4.78, 5) is 36.9. The Kier molecular flexibility index (Phi) is 5.65. The third-order valence-electron chi connectivity index (χ3n) is 7.63. The lowest BCUT2D eigenvalue weighted by Crippen LogP contribution is -2.48. The number of hydrogen-bond acceptors (Lipinski definition) is 4. The Morgan fingerprint density at radius 3 is 2.03 bits per heavy atom. The first-order valence-corrected chi connectivity index (χ1v) is 11.8. The Hall–Kier alpha value is -2.86. The molecule has 172 valence electrons. The van der Waals surface area contributed by atoms with Crippen LogP contribution in [-0.4, -0.2) is 24.9 Å². The summed E-state index contributed by atoms with van der Waals surface area (Å²) in [6.07, 6.45) is 8.01. The number of esters is 1. The molecule has 2 aromatic rings. The quantitative estimate of drug-likeness (QED) is 0.480. The van der Waals surface area contributed by atoms with Crippen LogP contribution in [0.2, 0.25) is 5.02 Å². The number of hydrogen-bond donors (Lipinski definition) is 2. The first-order valence-electron chi connectivity index (χ1n) is 11.5. The Balaban J connectivity index is 1.26. The Morgan fingerprint density at radius 1 is 0.879 bits per heavy atom. The number of anilines is 2. The number of rotatable bonds is 4. The molecule has 2 amide bonds. The number of ether oxygens (including phenoxy) is 1. The van der Waals surface area contributed by atoms with Crippen LogP contribution in [0.5, 0.6) is 0 Å². The highest BCUT2D eigenvalue weighted by Crippen LogP contribution is 2.60. The molecule has 0 radical (unpaired) electrons. The predicted octanol–water partition coefficient (Wildman–Crippen LogP) is 5.17. The van der Waals surface area contributed by atoms with Gasteiger partial charge in [0.25, 0.3) is 0 Å². The van der Waals surface area contributed by atoms with Gasteiger partial charge in [-0.25, -0.2) is 4.79 Å². The van der Waals surface area contributed by atoms with Gasteiger partial charge in [0.1, 0.15) is 0 Å². The number of amides is 2. The van der Waals surface area contributed by atoms with E-state index in [4.69, 9.17) is 16.3 Å². The zero-order chi connectivity index (χ0) is 23.2. The van der Waals surface area contributed by atoms with Crippen molar-refractivity contribution in [2.45, 2.75) is 43.9 Å². The van der Waals surface area contributed by atoms with Gasteiger partial charge < -0.3 is 15.4 Å². The van der Waals surface area contributed by atoms with Gasteiger partial charge in [0.05, 0.1) is 18.4 Å². The third-order valence-corrected chi connectivity index (χ3v) is 7.87. The molecule has 7 heteroatoms. The molecule has 0 atom stereocenters. The molecule has 2 aromatic carbocycles. The number of halogens is 1. The van der Waals surface area contributed by atoms with Gasteiger partial charge in [-0.3, -0.25) is 9.59 Å². The molecule has 4 fully saturated rings. The topological polar surface area (TPSA) is 84.5 Å². The highest BCUT2D eigenvalue weighted by molar-refractivity contribution is 6.44. The van der Waals surface area contributed by atoms with Crippen molar-refractivity contribution in [2.24, 2.45) is 17.8 Å². The fraction of sp³-hybridized carbons (Fsp3) is 0.423. The number of methoxy groups -OCH3 is 1. The predicted molar refractivity (Wildman–Crippen MR) is 126 cm³/mol. The van der Waals surface area contributed by atoms with E-state index in [0.29, 0.717) is 10.7 Å². The molecule has 4 bridgehead atoms. The van der Waals surface area contributed by atoms with Crippen LogP contribution in [-0.2, 0) is 19.7 Å². The molecule has 0 aliphatic heterocycles. The van der Waals surface area contributed by atoms with Gasteiger partial charge in [-0.1, -0.05) is 23.7 Å².